The van der Waals surface area contributed by atoms with Gasteiger partial charge in [-0.05, 0) is 48.2 Å². The van der Waals surface area contributed by atoms with Crippen LogP contribution in [0.5, 0.6) is 0 Å². The number of benzene rings is 1. The zero-order chi connectivity index (χ0) is 13.0. The van der Waals surface area contributed by atoms with Crippen LogP contribution < -0.4 is 10.6 Å². The van der Waals surface area contributed by atoms with Gasteiger partial charge >= 0.3 is 0 Å². The fraction of sp³-hybridized carbons (Fsp3) is 0.214. The Bertz CT molecular complexity index is 531. The molecule has 18 heavy (non-hydrogen) atoms. The summed E-state index contributed by atoms with van der Waals surface area (Å²) in [7, 11) is 1.86. The molecule has 0 bridgehead atoms. The number of thiophene rings is 1. The predicted molar refractivity (Wildman–Crippen MR) is 76.2 cm³/mol. The Morgan fingerprint density at radius 2 is 1.94 bits per heavy atom. The van der Waals surface area contributed by atoms with Crippen molar-refractivity contribution in [1.29, 1.82) is 0 Å². The van der Waals surface area contributed by atoms with Crippen molar-refractivity contribution in [3.63, 3.8) is 0 Å². The summed E-state index contributed by atoms with van der Waals surface area (Å²) in [5, 5.41) is 8.00. The van der Waals surface area contributed by atoms with Crippen LogP contribution in [0, 0.1) is 6.92 Å². The number of amides is 1. The molecule has 0 radical (unpaired) electrons. The van der Waals surface area contributed by atoms with Gasteiger partial charge in [0.1, 0.15) is 0 Å². The molecule has 1 aromatic heterocycles. The van der Waals surface area contributed by atoms with Gasteiger partial charge in [-0.1, -0.05) is 0 Å². The molecular weight excluding hydrogens is 244 g/mol. The minimum Gasteiger partial charge on any atom is -0.388 e. The van der Waals surface area contributed by atoms with Gasteiger partial charge in [0.15, 0.2) is 0 Å². The number of nitrogens with one attached hydrogen (secondary N) is 2. The average molecular weight is 260 g/mol. The fourth-order valence-corrected chi connectivity index (χ4v) is 2.48. The highest BCUT2D eigenvalue weighted by Crippen LogP contribution is 2.15. The summed E-state index contributed by atoms with van der Waals surface area (Å²) in [6.07, 6.45) is 0. The summed E-state index contributed by atoms with van der Waals surface area (Å²) in [4.78, 5) is 13.1. The van der Waals surface area contributed by atoms with Gasteiger partial charge in [0.25, 0.3) is 5.91 Å². The molecule has 0 spiro atoms. The molecule has 3 nitrogen and oxygen atoms in total. The van der Waals surface area contributed by atoms with Crippen LogP contribution in [0.15, 0.2) is 35.7 Å². The third-order valence-electron chi connectivity index (χ3n) is 2.81. The van der Waals surface area contributed by atoms with E-state index in [1.807, 2.05) is 36.7 Å². The smallest absolute Gasteiger partial charge is 0.251 e. The van der Waals surface area contributed by atoms with E-state index in [1.165, 1.54) is 10.4 Å². The van der Waals surface area contributed by atoms with Gasteiger partial charge in [-0.25, -0.2) is 0 Å². The van der Waals surface area contributed by atoms with Crippen molar-refractivity contribution in [2.75, 3.05) is 12.4 Å². The first-order chi connectivity index (χ1) is 8.70. The van der Waals surface area contributed by atoms with Crippen molar-refractivity contribution in [3.05, 3.63) is 51.7 Å². The van der Waals surface area contributed by atoms with Crippen molar-refractivity contribution < 1.29 is 4.79 Å². The highest BCUT2D eigenvalue weighted by atomic mass is 32.1. The Morgan fingerprint density at radius 1 is 1.22 bits per heavy atom. The summed E-state index contributed by atoms with van der Waals surface area (Å²) in [6.45, 7) is 2.65. The zero-order valence-electron chi connectivity index (χ0n) is 10.5. The van der Waals surface area contributed by atoms with Crippen molar-refractivity contribution in [3.8, 4) is 0 Å². The molecule has 1 heterocycles. The third kappa shape index (κ3) is 2.90. The van der Waals surface area contributed by atoms with Gasteiger partial charge in [0.2, 0.25) is 0 Å². The summed E-state index contributed by atoms with van der Waals surface area (Å²) in [6, 6.07) is 9.50. The van der Waals surface area contributed by atoms with Gasteiger partial charge in [-0.3, -0.25) is 4.79 Å². The molecule has 0 aliphatic carbocycles. The van der Waals surface area contributed by atoms with Crippen LogP contribution in [0.1, 0.15) is 20.8 Å². The Balaban J connectivity index is 1.97. The summed E-state index contributed by atoms with van der Waals surface area (Å²) < 4.78 is 0. The topological polar surface area (TPSA) is 41.1 Å². The third-order valence-corrected chi connectivity index (χ3v) is 3.84. The van der Waals surface area contributed by atoms with E-state index in [0.29, 0.717) is 12.1 Å². The minimum atomic E-state index is -0.0366. The molecule has 0 fully saturated rings. The lowest BCUT2D eigenvalue weighted by molar-refractivity contribution is 0.0951. The number of carbonyl (C=O) groups is 1. The van der Waals surface area contributed by atoms with Crippen LogP contribution in [-0.2, 0) is 6.54 Å². The standard InChI is InChI=1S/C14H16N2OS/c1-10-7-8-18-13(10)9-16-14(17)11-3-5-12(15-2)6-4-11/h3-8,15H,9H2,1-2H3,(H,16,17). The molecule has 4 heteroatoms. The van der Waals surface area contributed by atoms with Gasteiger partial charge in [-0.2, -0.15) is 0 Å². The lowest BCUT2D eigenvalue weighted by atomic mass is 10.2. The van der Waals surface area contributed by atoms with E-state index >= 15 is 0 Å². The van der Waals surface area contributed by atoms with E-state index in [-0.39, 0.29) is 5.91 Å². The van der Waals surface area contributed by atoms with E-state index in [0.717, 1.165) is 5.69 Å². The number of rotatable bonds is 4. The Labute approximate surface area is 111 Å². The molecule has 0 aliphatic rings. The molecule has 0 atom stereocenters. The van der Waals surface area contributed by atoms with E-state index < -0.39 is 0 Å². The number of aryl methyl sites for hydroxylation is 1. The SMILES string of the molecule is CNc1ccc(C(=O)NCc2sccc2C)cc1. The second-order valence-corrected chi connectivity index (χ2v) is 5.04. The van der Waals surface area contributed by atoms with E-state index in [1.54, 1.807) is 11.3 Å². The lowest BCUT2D eigenvalue weighted by Crippen LogP contribution is -2.22. The monoisotopic (exact) mass is 260 g/mol. The van der Waals surface area contributed by atoms with Crippen LogP contribution in [0.2, 0.25) is 0 Å². The molecule has 0 unspecified atom stereocenters. The molecule has 1 amide bonds. The Morgan fingerprint density at radius 3 is 2.50 bits per heavy atom. The fourth-order valence-electron chi connectivity index (χ4n) is 1.64. The van der Waals surface area contributed by atoms with E-state index in [9.17, 15) is 4.79 Å². The van der Waals surface area contributed by atoms with Crippen LogP contribution in [0.25, 0.3) is 0 Å². The van der Waals surface area contributed by atoms with Crippen LogP contribution >= 0.6 is 11.3 Å². The van der Waals surface area contributed by atoms with Gasteiger partial charge < -0.3 is 10.6 Å². The first-order valence-electron chi connectivity index (χ1n) is 5.79. The number of hydrogen-bond acceptors (Lipinski definition) is 3. The van der Waals surface area contributed by atoms with Crippen molar-refractivity contribution in [1.82, 2.24) is 5.32 Å². The molecule has 94 valence electrons. The highest BCUT2D eigenvalue weighted by molar-refractivity contribution is 7.10. The summed E-state index contributed by atoms with van der Waals surface area (Å²) >= 11 is 1.67. The van der Waals surface area contributed by atoms with Crippen molar-refractivity contribution >= 4 is 22.9 Å². The quantitative estimate of drug-likeness (QED) is 0.887. The number of carbonyl (C=O) groups excluding carboxylic acids is 1. The molecule has 0 saturated heterocycles. The Hall–Kier alpha value is -1.81. The van der Waals surface area contributed by atoms with Crippen molar-refractivity contribution in [2.45, 2.75) is 13.5 Å². The summed E-state index contributed by atoms with van der Waals surface area (Å²) in [5.74, 6) is -0.0366. The maximum Gasteiger partial charge on any atom is 0.251 e. The maximum atomic E-state index is 11.9. The summed E-state index contributed by atoms with van der Waals surface area (Å²) in [5.41, 5.74) is 2.91. The van der Waals surface area contributed by atoms with Crippen LogP contribution in [-0.4, -0.2) is 13.0 Å². The molecule has 0 saturated carbocycles. The largest absolute Gasteiger partial charge is 0.388 e. The van der Waals surface area contributed by atoms with Gasteiger partial charge in [-0.15, -0.1) is 11.3 Å². The van der Waals surface area contributed by atoms with E-state index in [2.05, 4.69) is 23.6 Å². The van der Waals surface area contributed by atoms with E-state index in [4.69, 9.17) is 0 Å². The number of anilines is 1. The normalized spacial score (nSPS) is 10.1. The molecule has 1 aromatic carbocycles. The average Bonchev–Trinajstić information content (AvgIpc) is 2.81. The maximum absolute atomic E-state index is 11.9. The number of hydrogen-bond donors (Lipinski definition) is 2. The molecule has 0 aliphatic heterocycles. The molecule has 2 N–H and O–H groups in total. The first kappa shape index (κ1) is 12.6. The minimum absolute atomic E-state index is 0.0366. The molecular formula is C14H16N2OS. The van der Waals surface area contributed by atoms with Gasteiger partial charge in [0, 0.05) is 23.2 Å². The van der Waals surface area contributed by atoms with Crippen LogP contribution in [0.4, 0.5) is 5.69 Å². The van der Waals surface area contributed by atoms with Crippen molar-refractivity contribution in [2.24, 2.45) is 0 Å². The highest BCUT2D eigenvalue weighted by Gasteiger charge is 2.06. The second-order valence-electron chi connectivity index (χ2n) is 4.04. The Kier molecular flexibility index (Phi) is 3.99. The first-order valence-corrected chi connectivity index (χ1v) is 6.67. The zero-order valence-corrected chi connectivity index (χ0v) is 11.3. The molecule has 2 rings (SSSR count). The predicted octanol–water partition coefficient (Wildman–Crippen LogP) is 3.03. The lowest BCUT2D eigenvalue weighted by Gasteiger charge is -2.06. The van der Waals surface area contributed by atoms with Crippen LogP contribution in [0.3, 0.4) is 0 Å². The second kappa shape index (κ2) is 5.69. The molecule has 2 aromatic rings. The van der Waals surface area contributed by atoms with Gasteiger partial charge in [0.05, 0.1) is 6.54 Å².